The molecule has 0 aliphatic carbocycles. The van der Waals surface area contributed by atoms with Crippen LogP contribution in [0.15, 0.2) is 0 Å². The Morgan fingerprint density at radius 1 is 1.53 bits per heavy atom. The van der Waals surface area contributed by atoms with Crippen molar-refractivity contribution in [1.82, 2.24) is 15.0 Å². The Kier molecular flexibility index (Phi) is 5.02. The van der Waals surface area contributed by atoms with E-state index in [-0.39, 0.29) is 18.2 Å². The molecule has 1 unspecified atom stereocenters. The molecule has 1 atom stereocenters. The molecule has 1 rings (SSSR count). The van der Waals surface area contributed by atoms with Gasteiger partial charge in [-0.3, -0.25) is 0 Å². The second-order valence-electron chi connectivity index (χ2n) is 5.10. The number of carboxylic acids is 1. The zero-order chi connectivity index (χ0) is 14.6. The van der Waals surface area contributed by atoms with Crippen LogP contribution in [-0.2, 0) is 17.7 Å². The molecule has 0 saturated heterocycles. The number of hydrogen-bond donors (Lipinski definition) is 2. The summed E-state index contributed by atoms with van der Waals surface area (Å²) in [7, 11) is 1.54. The molecular weight excluding hydrogens is 250 g/mol. The van der Waals surface area contributed by atoms with Crippen LogP contribution in [0.4, 0.5) is 0 Å². The molecule has 1 heterocycles. The Hall–Kier alpha value is -1.47. The molecule has 7 nitrogen and oxygen atoms in total. The number of ether oxygens (including phenoxy) is 1. The van der Waals surface area contributed by atoms with Gasteiger partial charge in [-0.05, 0) is 12.8 Å². The van der Waals surface area contributed by atoms with Gasteiger partial charge in [-0.15, -0.1) is 5.10 Å². The standard InChI is InChI=1S/C12H21N3O4/c1-8(2)12(3,18)7-15-9(5-6-19-4)10(11(16)17)13-14-15/h8,18H,5-7H2,1-4H3,(H,16,17). The number of methoxy groups -OCH3 is 1. The molecule has 0 spiro atoms. The minimum atomic E-state index is -1.12. The summed E-state index contributed by atoms with van der Waals surface area (Å²) in [5.41, 5.74) is -0.599. The van der Waals surface area contributed by atoms with E-state index in [4.69, 9.17) is 9.84 Å². The lowest BCUT2D eigenvalue weighted by molar-refractivity contribution is -0.00701. The van der Waals surface area contributed by atoms with Gasteiger partial charge < -0.3 is 14.9 Å². The van der Waals surface area contributed by atoms with Crippen LogP contribution >= 0.6 is 0 Å². The normalized spacial score (nSPS) is 14.6. The Bertz CT molecular complexity index is 440. The summed E-state index contributed by atoms with van der Waals surface area (Å²) in [6.45, 7) is 6.05. The van der Waals surface area contributed by atoms with Crippen LogP contribution < -0.4 is 0 Å². The molecule has 7 heteroatoms. The Morgan fingerprint density at radius 3 is 2.63 bits per heavy atom. The maximum absolute atomic E-state index is 11.1. The Balaban J connectivity index is 3.03. The van der Waals surface area contributed by atoms with Crippen molar-refractivity contribution in [1.29, 1.82) is 0 Å². The largest absolute Gasteiger partial charge is 0.476 e. The Labute approximate surface area is 112 Å². The van der Waals surface area contributed by atoms with Gasteiger partial charge in [-0.25, -0.2) is 9.48 Å². The lowest BCUT2D eigenvalue weighted by Crippen LogP contribution is -2.37. The summed E-state index contributed by atoms with van der Waals surface area (Å²) in [6.07, 6.45) is 0.388. The smallest absolute Gasteiger partial charge is 0.358 e. The van der Waals surface area contributed by atoms with Crippen molar-refractivity contribution in [2.45, 2.75) is 39.3 Å². The highest BCUT2D eigenvalue weighted by Crippen LogP contribution is 2.20. The van der Waals surface area contributed by atoms with Crippen molar-refractivity contribution < 1.29 is 19.7 Å². The predicted octanol–water partition coefficient (Wildman–Crippen LogP) is 0.572. The fraction of sp³-hybridized carbons (Fsp3) is 0.750. The number of aliphatic hydroxyl groups is 1. The van der Waals surface area contributed by atoms with Crippen LogP contribution in [-0.4, -0.2) is 50.5 Å². The van der Waals surface area contributed by atoms with Gasteiger partial charge in [0.2, 0.25) is 0 Å². The first-order valence-corrected chi connectivity index (χ1v) is 6.16. The van der Waals surface area contributed by atoms with E-state index in [1.807, 2.05) is 13.8 Å². The predicted molar refractivity (Wildman–Crippen MR) is 68.0 cm³/mol. The van der Waals surface area contributed by atoms with E-state index in [1.165, 1.54) is 4.68 Å². The fourth-order valence-electron chi connectivity index (χ4n) is 1.56. The molecule has 108 valence electrons. The van der Waals surface area contributed by atoms with Gasteiger partial charge in [0.15, 0.2) is 5.69 Å². The summed E-state index contributed by atoms with van der Waals surface area (Å²) in [5, 5.41) is 26.8. The molecule has 0 radical (unpaired) electrons. The van der Waals surface area contributed by atoms with E-state index < -0.39 is 11.6 Å². The minimum Gasteiger partial charge on any atom is -0.476 e. The number of nitrogens with zero attached hydrogens (tertiary/aromatic N) is 3. The van der Waals surface area contributed by atoms with E-state index in [0.29, 0.717) is 18.7 Å². The molecule has 0 fully saturated rings. The SMILES string of the molecule is COCCc1c(C(=O)O)nnn1CC(C)(O)C(C)C. The first kappa shape index (κ1) is 15.6. The minimum absolute atomic E-state index is 0.0141. The highest BCUT2D eigenvalue weighted by molar-refractivity contribution is 5.86. The molecule has 2 N–H and O–H groups in total. The number of carbonyl (C=O) groups is 1. The molecule has 0 aliphatic rings. The van der Waals surface area contributed by atoms with Gasteiger partial charge in [0, 0.05) is 13.5 Å². The maximum atomic E-state index is 11.1. The fourth-order valence-corrected chi connectivity index (χ4v) is 1.56. The molecule has 0 aromatic carbocycles. The second kappa shape index (κ2) is 6.12. The molecule has 19 heavy (non-hydrogen) atoms. The summed E-state index contributed by atoms with van der Waals surface area (Å²) in [6, 6.07) is 0. The van der Waals surface area contributed by atoms with E-state index >= 15 is 0 Å². The van der Waals surface area contributed by atoms with Crippen LogP contribution in [0.5, 0.6) is 0 Å². The van der Waals surface area contributed by atoms with Crippen molar-refractivity contribution in [2.24, 2.45) is 5.92 Å². The molecule has 0 amide bonds. The van der Waals surface area contributed by atoms with Crippen molar-refractivity contribution in [3.8, 4) is 0 Å². The molecule has 0 bridgehead atoms. The molecule has 0 aliphatic heterocycles. The number of hydrogen-bond acceptors (Lipinski definition) is 5. The van der Waals surface area contributed by atoms with E-state index in [9.17, 15) is 9.90 Å². The van der Waals surface area contributed by atoms with Gasteiger partial charge in [0.25, 0.3) is 0 Å². The lowest BCUT2D eigenvalue weighted by Gasteiger charge is -2.27. The van der Waals surface area contributed by atoms with E-state index in [2.05, 4.69) is 10.3 Å². The average Bonchev–Trinajstić information content (AvgIpc) is 2.68. The number of carboxylic acid groups (broad SMARTS) is 1. The number of aromatic carboxylic acids is 1. The quantitative estimate of drug-likeness (QED) is 0.752. The molecule has 1 aromatic heterocycles. The van der Waals surface area contributed by atoms with Crippen LogP contribution in [0.2, 0.25) is 0 Å². The van der Waals surface area contributed by atoms with E-state index in [1.54, 1.807) is 14.0 Å². The van der Waals surface area contributed by atoms with Gasteiger partial charge in [-0.2, -0.15) is 0 Å². The highest BCUT2D eigenvalue weighted by atomic mass is 16.5. The third-order valence-corrected chi connectivity index (χ3v) is 3.30. The lowest BCUT2D eigenvalue weighted by atomic mass is 9.92. The monoisotopic (exact) mass is 271 g/mol. The average molecular weight is 271 g/mol. The molecular formula is C12H21N3O4. The van der Waals surface area contributed by atoms with Crippen LogP contribution in [0, 0.1) is 5.92 Å². The number of aromatic nitrogens is 3. The van der Waals surface area contributed by atoms with Gasteiger partial charge in [0.05, 0.1) is 24.4 Å². The van der Waals surface area contributed by atoms with Crippen molar-refractivity contribution in [2.75, 3.05) is 13.7 Å². The van der Waals surface area contributed by atoms with Crippen LogP contribution in [0.3, 0.4) is 0 Å². The number of rotatable bonds is 7. The first-order valence-electron chi connectivity index (χ1n) is 6.16. The van der Waals surface area contributed by atoms with E-state index in [0.717, 1.165) is 0 Å². The van der Waals surface area contributed by atoms with Crippen molar-refractivity contribution in [3.05, 3.63) is 11.4 Å². The molecule has 1 aromatic rings. The third-order valence-electron chi connectivity index (χ3n) is 3.30. The van der Waals surface area contributed by atoms with Crippen LogP contribution in [0.25, 0.3) is 0 Å². The summed E-state index contributed by atoms with van der Waals surface area (Å²) >= 11 is 0. The maximum Gasteiger partial charge on any atom is 0.358 e. The van der Waals surface area contributed by atoms with Gasteiger partial charge >= 0.3 is 5.97 Å². The van der Waals surface area contributed by atoms with Gasteiger partial charge in [-0.1, -0.05) is 19.1 Å². The summed E-state index contributed by atoms with van der Waals surface area (Å²) < 4.78 is 6.41. The third kappa shape index (κ3) is 3.74. The Morgan fingerprint density at radius 2 is 2.16 bits per heavy atom. The van der Waals surface area contributed by atoms with Gasteiger partial charge in [0.1, 0.15) is 0 Å². The zero-order valence-electron chi connectivity index (χ0n) is 11.8. The molecule has 0 saturated carbocycles. The first-order chi connectivity index (χ1) is 8.79. The summed E-state index contributed by atoms with van der Waals surface area (Å²) in [4.78, 5) is 11.1. The van der Waals surface area contributed by atoms with Crippen molar-refractivity contribution in [3.63, 3.8) is 0 Å². The van der Waals surface area contributed by atoms with Crippen LogP contribution in [0.1, 0.15) is 37.0 Å². The zero-order valence-corrected chi connectivity index (χ0v) is 11.8. The summed E-state index contributed by atoms with van der Waals surface area (Å²) in [5.74, 6) is -1.11. The van der Waals surface area contributed by atoms with Crippen molar-refractivity contribution >= 4 is 5.97 Å². The highest BCUT2D eigenvalue weighted by Gasteiger charge is 2.29. The second-order valence-corrected chi connectivity index (χ2v) is 5.10. The topological polar surface area (TPSA) is 97.5 Å².